The highest BCUT2D eigenvalue weighted by molar-refractivity contribution is 6.67. The summed E-state index contributed by atoms with van der Waals surface area (Å²) in [5.74, 6) is 0. The molecule has 0 saturated carbocycles. The first kappa shape index (κ1) is 17.1. The molecule has 0 radical (unpaired) electrons. The SMILES string of the molecule is C=Cc1cccc(C(CC)O[Si](CC)(CC)OCC)c1. The van der Waals surface area contributed by atoms with Crippen molar-refractivity contribution in [3.05, 3.63) is 42.0 Å². The third kappa shape index (κ3) is 4.30. The summed E-state index contributed by atoms with van der Waals surface area (Å²) in [6, 6.07) is 10.4. The summed E-state index contributed by atoms with van der Waals surface area (Å²) in [4.78, 5) is 0. The van der Waals surface area contributed by atoms with Crippen molar-refractivity contribution in [1.82, 2.24) is 0 Å². The van der Waals surface area contributed by atoms with Crippen molar-refractivity contribution in [2.75, 3.05) is 6.61 Å². The Morgan fingerprint density at radius 3 is 2.40 bits per heavy atom. The molecule has 0 amide bonds. The molecule has 0 aliphatic rings. The molecular weight excluding hydrogens is 264 g/mol. The lowest BCUT2D eigenvalue weighted by molar-refractivity contribution is 0.114. The molecule has 0 aromatic heterocycles. The molecule has 0 spiro atoms. The Balaban J connectivity index is 2.96. The maximum Gasteiger partial charge on any atom is 0.338 e. The lowest BCUT2D eigenvalue weighted by Gasteiger charge is -2.33. The van der Waals surface area contributed by atoms with Gasteiger partial charge in [-0.15, -0.1) is 0 Å². The topological polar surface area (TPSA) is 18.5 Å². The number of rotatable bonds is 9. The molecule has 0 saturated heterocycles. The molecule has 20 heavy (non-hydrogen) atoms. The smallest absolute Gasteiger partial charge is 0.338 e. The van der Waals surface area contributed by atoms with Crippen LogP contribution in [0.3, 0.4) is 0 Å². The Hall–Kier alpha value is -0.903. The average molecular weight is 292 g/mol. The molecule has 0 aliphatic carbocycles. The summed E-state index contributed by atoms with van der Waals surface area (Å²) in [5, 5.41) is 0. The van der Waals surface area contributed by atoms with Gasteiger partial charge in [0.05, 0.1) is 6.10 Å². The molecule has 0 fully saturated rings. The molecule has 1 rings (SSSR count). The second-order valence-electron chi connectivity index (χ2n) is 4.94. The normalized spacial score (nSPS) is 13.2. The van der Waals surface area contributed by atoms with Crippen LogP contribution in [0.25, 0.3) is 6.08 Å². The van der Waals surface area contributed by atoms with Crippen molar-refractivity contribution in [2.45, 2.75) is 52.3 Å². The van der Waals surface area contributed by atoms with Gasteiger partial charge < -0.3 is 8.85 Å². The Kier molecular flexibility index (Phi) is 7.20. The van der Waals surface area contributed by atoms with Gasteiger partial charge in [-0.3, -0.25) is 0 Å². The van der Waals surface area contributed by atoms with Gasteiger partial charge in [-0.1, -0.05) is 51.6 Å². The van der Waals surface area contributed by atoms with Gasteiger partial charge in [0.25, 0.3) is 0 Å². The molecule has 1 aromatic carbocycles. The van der Waals surface area contributed by atoms with Crippen molar-refractivity contribution < 1.29 is 8.85 Å². The first-order valence-corrected chi connectivity index (χ1v) is 9.91. The van der Waals surface area contributed by atoms with Gasteiger partial charge >= 0.3 is 8.56 Å². The molecule has 2 nitrogen and oxygen atoms in total. The highest BCUT2D eigenvalue weighted by atomic mass is 28.4. The second kappa shape index (κ2) is 8.40. The molecule has 1 unspecified atom stereocenters. The zero-order valence-electron chi connectivity index (χ0n) is 13.3. The minimum absolute atomic E-state index is 0.119. The van der Waals surface area contributed by atoms with E-state index in [9.17, 15) is 0 Å². The number of hydrogen-bond acceptors (Lipinski definition) is 2. The fourth-order valence-electron chi connectivity index (χ4n) is 2.45. The van der Waals surface area contributed by atoms with E-state index in [1.807, 2.05) is 6.08 Å². The lowest BCUT2D eigenvalue weighted by Crippen LogP contribution is -2.41. The van der Waals surface area contributed by atoms with Crippen LogP contribution in [0.15, 0.2) is 30.8 Å². The predicted octanol–water partition coefficient (Wildman–Crippen LogP) is 5.32. The summed E-state index contributed by atoms with van der Waals surface area (Å²) < 4.78 is 12.5. The van der Waals surface area contributed by atoms with E-state index in [-0.39, 0.29) is 6.10 Å². The van der Waals surface area contributed by atoms with E-state index in [4.69, 9.17) is 8.85 Å². The van der Waals surface area contributed by atoms with Crippen LogP contribution in [-0.2, 0) is 8.85 Å². The second-order valence-corrected chi connectivity index (χ2v) is 8.70. The molecule has 0 aliphatic heterocycles. The van der Waals surface area contributed by atoms with E-state index >= 15 is 0 Å². The van der Waals surface area contributed by atoms with Crippen LogP contribution < -0.4 is 0 Å². The van der Waals surface area contributed by atoms with E-state index in [2.05, 4.69) is 58.5 Å². The van der Waals surface area contributed by atoms with Gasteiger partial charge in [0.15, 0.2) is 0 Å². The first-order chi connectivity index (χ1) is 9.64. The van der Waals surface area contributed by atoms with Crippen molar-refractivity contribution in [2.24, 2.45) is 0 Å². The summed E-state index contributed by atoms with van der Waals surface area (Å²) in [6.45, 7) is 13.1. The predicted molar refractivity (Wildman–Crippen MR) is 89.0 cm³/mol. The van der Waals surface area contributed by atoms with Gasteiger partial charge in [-0.2, -0.15) is 0 Å². The monoisotopic (exact) mass is 292 g/mol. The quantitative estimate of drug-likeness (QED) is 0.574. The van der Waals surface area contributed by atoms with E-state index in [0.29, 0.717) is 0 Å². The standard InChI is InChI=1S/C17H28O2Si/c1-6-15-12-11-13-16(14-15)17(7-2)19-20(9-4,10-5)18-8-3/h6,11-14,17H,1,7-10H2,2-5H3. The fourth-order valence-corrected chi connectivity index (χ4v) is 5.11. The van der Waals surface area contributed by atoms with Crippen LogP contribution in [0.2, 0.25) is 12.1 Å². The minimum atomic E-state index is -2.06. The fraction of sp³-hybridized carbons (Fsp3) is 0.529. The van der Waals surface area contributed by atoms with Crippen molar-refractivity contribution >= 4 is 14.6 Å². The molecule has 1 aromatic rings. The van der Waals surface area contributed by atoms with Gasteiger partial charge in [0, 0.05) is 6.61 Å². The third-order valence-electron chi connectivity index (χ3n) is 3.73. The summed E-state index contributed by atoms with van der Waals surface area (Å²) in [6.07, 6.45) is 2.96. The summed E-state index contributed by atoms with van der Waals surface area (Å²) >= 11 is 0. The molecule has 0 N–H and O–H groups in total. The lowest BCUT2D eigenvalue weighted by atomic mass is 10.0. The zero-order chi connectivity index (χ0) is 15.0. The Morgan fingerprint density at radius 1 is 1.20 bits per heavy atom. The largest absolute Gasteiger partial charge is 0.394 e. The van der Waals surface area contributed by atoms with E-state index in [1.54, 1.807) is 0 Å². The molecule has 1 atom stereocenters. The van der Waals surface area contributed by atoms with Crippen LogP contribution in [0.1, 0.15) is 51.3 Å². The van der Waals surface area contributed by atoms with Gasteiger partial charge in [0.1, 0.15) is 0 Å². The maximum atomic E-state index is 6.49. The maximum absolute atomic E-state index is 6.49. The van der Waals surface area contributed by atoms with E-state index in [1.165, 1.54) is 5.56 Å². The average Bonchev–Trinajstić information content (AvgIpc) is 2.51. The highest BCUT2D eigenvalue weighted by Gasteiger charge is 2.36. The Labute approximate surface area is 125 Å². The van der Waals surface area contributed by atoms with Crippen LogP contribution in [0.4, 0.5) is 0 Å². The van der Waals surface area contributed by atoms with Crippen molar-refractivity contribution in [1.29, 1.82) is 0 Å². The van der Waals surface area contributed by atoms with Crippen LogP contribution in [-0.4, -0.2) is 15.2 Å². The van der Waals surface area contributed by atoms with Crippen LogP contribution in [0, 0.1) is 0 Å². The Bertz CT molecular complexity index is 413. The molecule has 112 valence electrons. The molecule has 0 bridgehead atoms. The number of hydrogen-bond donors (Lipinski definition) is 0. The Morgan fingerprint density at radius 2 is 1.90 bits per heavy atom. The highest BCUT2D eigenvalue weighted by Crippen LogP contribution is 2.30. The van der Waals surface area contributed by atoms with Gasteiger partial charge in [0.2, 0.25) is 0 Å². The summed E-state index contributed by atoms with van der Waals surface area (Å²) in [5.41, 5.74) is 2.37. The third-order valence-corrected chi connectivity index (χ3v) is 7.41. The van der Waals surface area contributed by atoms with Crippen molar-refractivity contribution in [3.8, 4) is 0 Å². The van der Waals surface area contributed by atoms with Crippen LogP contribution >= 0.6 is 0 Å². The van der Waals surface area contributed by atoms with Crippen LogP contribution in [0.5, 0.6) is 0 Å². The van der Waals surface area contributed by atoms with Crippen molar-refractivity contribution in [3.63, 3.8) is 0 Å². The molecule has 3 heteroatoms. The van der Waals surface area contributed by atoms with Gasteiger partial charge in [-0.05, 0) is 42.6 Å². The number of benzene rings is 1. The van der Waals surface area contributed by atoms with Gasteiger partial charge in [-0.25, -0.2) is 0 Å². The molecular formula is C17H28O2Si. The first-order valence-electron chi connectivity index (χ1n) is 7.68. The summed E-state index contributed by atoms with van der Waals surface area (Å²) in [7, 11) is -2.06. The van der Waals surface area contributed by atoms with E-state index in [0.717, 1.165) is 30.7 Å². The van der Waals surface area contributed by atoms with E-state index < -0.39 is 8.56 Å². The molecule has 0 heterocycles. The zero-order valence-corrected chi connectivity index (χ0v) is 14.3. The minimum Gasteiger partial charge on any atom is -0.394 e.